The van der Waals surface area contributed by atoms with Crippen LogP contribution in [0.4, 0.5) is 0 Å². The summed E-state index contributed by atoms with van der Waals surface area (Å²) in [5.74, 6) is -19.8. The molecule has 0 amide bonds. The van der Waals surface area contributed by atoms with Crippen molar-refractivity contribution < 1.29 is 86.1 Å². The first-order valence-corrected chi connectivity index (χ1v) is 15.6. The van der Waals surface area contributed by atoms with Gasteiger partial charge in [0.2, 0.25) is 57.5 Å². The number of phenols is 16. The van der Waals surface area contributed by atoms with Gasteiger partial charge in [-0.2, -0.15) is 0 Å². The van der Waals surface area contributed by atoms with Crippen LogP contribution >= 0.6 is 0 Å². The van der Waals surface area contributed by atoms with E-state index < -0.39 is 136 Å². The molecule has 0 saturated carbocycles. The van der Waals surface area contributed by atoms with Gasteiger partial charge in [-0.1, -0.05) is 48.5 Å². The number of hydrogen-bond donors (Lipinski definition) is 16. The highest BCUT2D eigenvalue weighted by atomic mass is 16.4. The molecule has 1 aromatic heterocycles. The summed E-state index contributed by atoms with van der Waals surface area (Å²) in [6.07, 6.45) is 0. The molecule has 0 atom stereocenters. The average molecular weight is 753 g/mol. The third-order valence-corrected chi connectivity index (χ3v) is 9.63. The van der Waals surface area contributed by atoms with E-state index in [1.807, 2.05) is 0 Å². The number of hydrogen-bond acceptors (Lipinski definition) is 17. The van der Waals surface area contributed by atoms with E-state index in [9.17, 15) is 81.7 Å². The van der Waals surface area contributed by atoms with Crippen LogP contribution in [-0.4, -0.2) is 81.7 Å². The van der Waals surface area contributed by atoms with Crippen LogP contribution in [0.15, 0.2) is 52.9 Å². The van der Waals surface area contributed by atoms with E-state index in [0.717, 1.165) is 0 Å². The molecule has 0 fully saturated rings. The molecular formula is C38H24O17. The summed E-state index contributed by atoms with van der Waals surface area (Å²) in [4.78, 5) is 0. The molecular weight excluding hydrogens is 728 g/mol. The van der Waals surface area contributed by atoms with Crippen molar-refractivity contribution in [2.75, 3.05) is 0 Å². The van der Waals surface area contributed by atoms with E-state index >= 15 is 0 Å². The zero-order chi connectivity index (χ0) is 39.7. The second-order valence-corrected chi connectivity index (χ2v) is 12.4. The Labute approximate surface area is 303 Å². The lowest BCUT2D eigenvalue weighted by Crippen LogP contribution is -1.96. The van der Waals surface area contributed by atoms with E-state index in [4.69, 9.17) is 4.42 Å². The van der Waals surface area contributed by atoms with Gasteiger partial charge in [0.15, 0.2) is 45.7 Å². The van der Waals surface area contributed by atoms with Gasteiger partial charge in [-0.25, -0.2) is 0 Å². The summed E-state index contributed by atoms with van der Waals surface area (Å²) >= 11 is 0. The maximum absolute atomic E-state index is 11.6. The van der Waals surface area contributed by atoms with Crippen molar-refractivity contribution in [3.05, 3.63) is 48.5 Å². The van der Waals surface area contributed by atoms with Crippen LogP contribution < -0.4 is 0 Å². The van der Waals surface area contributed by atoms with Crippen molar-refractivity contribution in [2.24, 2.45) is 0 Å². The number of phenolic OH excluding ortho intramolecular Hbond substituents is 16. The Balaban J connectivity index is 1.64. The monoisotopic (exact) mass is 752 g/mol. The first kappa shape index (κ1) is 33.8. The van der Waals surface area contributed by atoms with Crippen molar-refractivity contribution in [1.82, 2.24) is 0 Å². The minimum atomic E-state index is -1.39. The molecule has 8 aromatic rings. The van der Waals surface area contributed by atoms with Crippen LogP contribution in [-0.2, 0) is 0 Å². The number of benzene rings is 7. The standard InChI is InChI=1S/C38H24O17/c39-21-15(17(23(41)28(46)27(21)45)19-24(42)29(47)33(51)30(48)25(19)43)13-9-5-1-3-7-11(9)14(12-8-4-2-6-10(12)13)16-18-20-26(44)31(49)34(52)36(54)38(20)55-37(18)35(53)32(50)22(16)40/h1-8,39-54H. The Morgan fingerprint density at radius 3 is 0.945 bits per heavy atom. The van der Waals surface area contributed by atoms with E-state index in [1.165, 1.54) is 48.5 Å². The minimum absolute atomic E-state index is 0.0271. The van der Waals surface area contributed by atoms with Crippen molar-refractivity contribution in [2.45, 2.75) is 0 Å². The normalized spacial score (nSPS) is 11.7. The first-order valence-electron chi connectivity index (χ1n) is 15.6. The number of fused-ring (bicyclic) bond motifs is 5. The molecule has 16 N–H and O–H groups in total. The van der Waals surface area contributed by atoms with Gasteiger partial charge in [-0.05, 0) is 21.5 Å². The van der Waals surface area contributed by atoms with E-state index in [0.29, 0.717) is 0 Å². The molecule has 0 aliphatic carbocycles. The minimum Gasteiger partial charge on any atom is -0.504 e. The van der Waals surface area contributed by atoms with Gasteiger partial charge in [-0.15, -0.1) is 0 Å². The quantitative estimate of drug-likeness (QED) is 0.0543. The van der Waals surface area contributed by atoms with Crippen LogP contribution in [0.3, 0.4) is 0 Å². The number of furan rings is 1. The highest BCUT2D eigenvalue weighted by Crippen LogP contribution is 2.65. The van der Waals surface area contributed by atoms with Crippen LogP contribution in [0.1, 0.15) is 0 Å². The summed E-state index contributed by atoms with van der Waals surface area (Å²) in [6, 6.07) is 11.7. The molecule has 0 unspecified atom stereocenters. The van der Waals surface area contributed by atoms with E-state index in [2.05, 4.69) is 0 Å². The van der Waals surface area contributed by atoms with Gasteiger partial charge in [-0.3, -0.25) is 0 Å². The van der Waals surface area contributed by atoms with Crippen molar-refractivity contribution in [1.29, 1.82) is 0 Å². The maximum Gasteiger partial charge on any atom is 0.208 e. The molecule has 55 heavy (non-hydrogen) atoms. The third-order valence-electron chi connectivity index (χ3n) is 9.63. The van der Waals surface area contributed by atoms with Gasteiger partial charge < -0.3 is 86.1 Å². The highest BCUT2D eigenvalue weighted by Gasteiger charge is 2.36. The highest BCUT2D eigenvalue weighted by molar-refractivity contribution is 6.29. The lowest BCUT2D eigenvalue weighted by Gasteiger charge is -2.23. The Bertz CT molecular complexity index is 2970. The molecule has 17 nitrogen and oxygen atoms in total. The Hall–Kier alpha value is -8.34. The fraction of sp³-hybridized carbons (Fsp3) is 0. The largest absolute Gasteiger partial charge is 0.504 e. The first-order chi connectivity index (χ1) is 26.0. The fourth-order valence-corrected chi connectivity index (χ4v) is 7.15. The topological polar surface area (TPSA) is 337 Å². The van der Waals surface area contributed by atoms with Gasteiger partial charge in [0.1, 0.15) is 0 Å². The average Bonchev–Trinajstić information content (AvgIpc) is 3.59. The fourth-order valence-electron chi connectivity index (χ4n) is 7.15. The molecule has 0 aliphatic heterocycles. The summed E-state index contributed by atoms with van der Waals surface area (Å²) in [5, 5.41) is 172. The molecule has 17 heteroatoms. The summed E-state index contributed by atoms with van der Waals surface area (Å²) in [6.45, 7) is 0. The van der Waals surface area contributed by atoms with Gasteiger partial charge >= 0.3 is 0 Å². The SMILES string of the molecule is Oc1c(O)c(O)c(-c2c(O)c(O)c(O)c(O)c2-c2c3ccccc3c(-c3c(O)c(O)c(O)c4oc5c(O)c(O)c(O)c(O)c5c34)c3ccccc23)c(O)c1O. The lowest BCUT2D eigenvalue weighted by atomic mass is 9.81. The van der Waals surface area contributed by atoms with Gasteiger partial charge in [0.05, 0.1) is 10.9 Å². The second-order valence-electron chi connectivity index (χ2n) is 12.4. The smallest absolute Gasteiger partial charge is 0.208 e. The molecule has 0 saturated heterocycles. The third kappa shape index (κ3) is 4.10. The lowest BCUT2D eigenvalue weighted by molar-refractivity contribution is 0.329. The summed E-state index contributed by atoms with van der Waals surface area (Å²) in [5.41, 5.74) is -4.47. The Morgan fingerprint density at radius 2 is 0.509 bits per heavy atom. The Kier molecular flexibility index (Phi) is 6.81. The van der Waals surface area contributed by atoms with Gasteiger partial charge in [0, 0.05) is 33.2 Å². The zero-order valence-corrected chi connectivity index (χ0v) is 27.2. The molecule has 0 aliphatic rings. The van der Waals surface area contributed by atoms with Crippen LogP contribution in [0, 0.1) is 0 Å². The van der Waals surface area contributed by atoms with Gasteiger partial charge in [0.25, 0.3) is 0 Å². The zero-order valence-electron chi connectivity index (χ0n) is 27.2. The van der Waals surface area contributed by atoms with Crippen molar-refractivity contribution in [3.8, 4) is 125 Å². The number of aromatic hydroxyl groups is 16. The molecule has 278 valence electrons. The van der Waals surface area contributed by atoms with E-state index in [-0.39, 0.29) is 32.7 Å². The predicted octanol–water partition coefficient (Wildman–Crippen LogP) is 6.18. The second kappa shape index (κ2) is 11.1. The van der Waals surface area contributed by atoms with Crippen molar-refractivity contribution >= 4 is 43.5 Å². The van der Waals surface area contributed by atoms with Crippen molar-refractivity contribution in [3.63, 3.8) is 0 Å². The van der Waals surface area contributed by atoms with Crippen LogP contribution in [0.2, 0.25) is 0 Å². The molecule has 0 bridgehead atoms. The molecule has 1 heterocycles. The molecule has 0 radical (unpaired) electrons. The number of rotatable bonds is 3. The Morgan fingerprint density at radius 1 is 0.236 bits per heavy atom. The van der Waals surface area contributed by atoms with Crippen LogP contribution in [0.25, 0.3) is 76.9 Å². The summed E-state index contributed by atoms with van der Waals surface area (Å²) < 4.78 is 5.59. The molecule has 7 aromatic carbocycles. The van der Waals surface area contributed by atoms with E-state index in [1.54, 1.807) is 0 Å². The maximum atomic E-state index is 11.6. The molecule has 8 rings (SSSR count). The molecule has 0 spiro atoms. The predicted molar refractivity (Wildman–Crippen MR) is 192 cm³/mol. The van der Waals surface area contributed by atoms with Crippen LogP contribution in [0.5, 0.6) is 92.0 Å². The summed E-state index contributed by atoms with van der Waals surface area (Å²) in [7, 11) is 0.